The molecule has 14 heavy (non-hydrogen) atoms. The summed E-state index contributed by atoms with van der Waals surface area (Å²) >= 11 is 1.21. The van der Waals surface area contributed by atoms with Crippen LogP contribution in [-0.2, 0) is 4.74 Å². The number of benzene rings is 1. The van der Waals surface area contributed by atoms with Crippen molar-refractivity contribution < 1.29 is 13.9 Å². The Morgan fingerprint density at radius 1 is 1.50 bits per heavy atom. The minimum atomic E-state index is -0.429. The lowest BCUT2D eigenvalue weighted by Crippen LogP contribution is -1.99. The van der Waals surface area contributed by atoms with Gasteiger partial charge >= 0.3 is 5.97 Å². The Kier molecular flexibility index (Phi) is 2.21. The molecule has 0 saturated carbocycles. The summed E-state index contributed by atoms with van der Waals surface area (Å²) in [6, 6.07) is 4.66. The van der Waals surface area contributed by atoms with E-state index in [0.29, 0.717) is 15.6 Å². The van der Waals surface area contributed by atoms with Crippen molar-refractivity contribution >= 4 is 27.4 Å². The molecular formula is C10H7FO2S. The number of methoxy groups -OCH3 is 1. The van der Waals surface area contributed by atoms with Crippen molar-refractivity contribution in [2.75, 3.05) is 7.11 Å². The van der Waals surface area contributed by atoms with E-state index < -0.39 is 5.97 Å². The van der Waals surface area contributed by atoms with Crippen LogP contribution in [0.4, 0.5) is 4.39 Å². The average molecular weight is 210 g/mol. The Balaban J connectivity index is 2.70. The summed E-state index contributed by atoms with van der Waals surface area (Å²) in [6.07, 6.45) is 0. The van der Waals surface area contributed by atoms with Gasteiger partial charge in [0.25, 0.3) is 0 Å². The standard InChI is InChI=1S/C10H7FO2S/c1-13-10(12)7-5-14-9-6(7)3-2-4-8(9)11/h2-5H,1H3. The Hall–Kier alpha value is -1.42. The topological polar surface area (TPSA) is 26.3 Å². The maximum absolute atomic E-state index is 13.2. The minimum absolute atomic E-state index is 0.303. The number of carbonyl (C=O) groups excluding carboxylic acids is 1. The number of rotatable bonds is 1. The van der Waals surface area contributed by atoms with E-state index in [0.717, 1.165) is 0 Å². The Bertz CT molecular complexity index is 490. The molecule has 0 N–H and O–H groups in total. The minimum Gasteiger partial charge on any atom is -0.465 e. The highest BCUT2D eigenvalue weighted by Crippen LogP contribution is 2.28. The number of hydrogen-bond acceptors (Lipinski definition) is 3. The van der Waals surface area contributed by atoms with E-state index in [1.807, 2.05) is 0 Å². The highest BCUT2D eigenvalue weighted by Gasteiger charge is 2.13. The summed E-state index contributed by atoms with van der Waals surface area (Å²) in [5, 5.41) is 2.22. The number of halogens is 1. The third-order valence-corrected chi connectivity index (χ3v) is 2.96. The summed E-state index contributed by atoms with van der Waals surface area (Å²) < 4.78 is 18.3. The van der Waals surface area contributed by atoms with Crippen molar-refractivity contribution in [3.05, 3.63) is 35.0 Å². The number of thiophene rings is 1. The maximum atomic E-state index is 13.2. The SMILES string of the molecule is COC(=O)c1csc2c(F)cccc12. The summed E-state index contributed by atoms with van der Waals surface area (Å²) in [5.41, 5.74) is 0.423. The average Bonchev–Trinajstić information content (AvgIpc) is 2.62. The van der Waals surface area contributed by atoms with Crippen LogP contribution in [0.15, 0.2) is 23.6 Å². The zero-order valence-corrected chi connectivity index (χ0v) is 8.23. The molecule has 2 rings (SSSR count). The lowest BCUT2D eigenvalue weighted by molar-refractivity contribution is 0.0603. The molecule has 0 aliphatic rings. The predicted octanol–water partition coefficient (Wildman–Crippen LogP) is 2.83. The van der Waals surface area contributed by atoms with Gasteiger partial charge in [-0.2, -0.15) is 0 Å². The van der Waals surface area contributed by atoms with Gasteiger partial charge in [-0.15, -0.1) is 11.3 Å². The quantitative estimate of drug-likeness (QED) is 0.676. The van der Waals surface area contributed by atoms with E-state index >= 15 is 0 Å². The second-order valence-electron chi connectivity index (χ2n) is 2.76. The molecule has 4 heteroatoms. The molecule has 1 aromatic heterocycles. The molecule has 0 spiro atoms. The summed E-state index contributed by atoms with van der Waals surface area (Å²) in [7, 11) is 1.31. The zero-order valence-electron chi connectivity index (χ0n) is 7.41. The highest BCUT2D eigenvalue weighted by molar-refractivity contribution is 7.17. The monoisotopic (exact) mass is 210 g/mol. The second-order valence-corrected chi connectivity index (χ2v) is 3.64. The molecular weight excluding hydrogens is 203 g/mol. The number of ether oxygens (including phenoxy) is 1. The molecule has 0 unspecified atom stereocenters. The van der Waals surface area contributed by atoms with Crippen molar-refractivity contribution in [1.82, 2.24) is 0 Å². The van der Waals surface area contributed by atoms with Crippen molar-refractivity contribution in [2.45, 2.75) is 0 Å². The highest BCUT2D eigenvalue weighted by atomic mass is 32.1. The molecule has 2 aromatic rings. The van der Waals surface area contributed by atoms with E-state index in [-0.39, 0.29) is 5.82 Å². The molecule has 0 amide bonds. The van der Waals surface area contributed by atoms with Gasteiger partial charge in [0.05, 0.1) is 17.4 Å². The van der Waals surface area contributed by atoms with Gasteiger partial charge in [-0.05, 0) is 6.07 Å². The molecule has 0 radical (unpaired) electrons. The van der Waals surface area contributed by atoms with Gasteiger partial charge in [0.2, 0.25) is 0 Å². The molecule has 0 bridgehead atoms. The van der Waals surface area contributed by atoms with Crippen LogP contribution in [0.3, 0.4) is 0 Å². The lowest BCUT2D eigenvalue weighted by atomic mass is 10.2. The summed E-state index contributed by atoms with van der Waals surface area (Å²) in [5.74, 6) is -0.732. The van der Waals surface area contributed by atoms with Crippen molar-refractivity contribution in [3.63, 3.8) is 0 Å². The Morgan fingerprint density at radius 3 is 3.00 bits per heavy atom. The predicted molar refractivity (Wildman–Crippen MR) is 53.1 cm³/mol. The molecule has 1 heterocycles. The van der Waals surface area contributed by atoms with Gasteiger partial charge < -0.3 is 4.74 Å². The van der Waals surface area contributed by atoms with Gasteiger partial charge in [0, 0.05) is 10.8 Å². The van der Waals surface area contributed by atoms with E-state index in [4.69, 9.17) is 0 Å². The Labute approximate surface area is 83.9 Å². The first-order valence-corrected chi connectivity index (χ1v) is 4.86. The fraction of sp³-hybridized carbons (Fsp3) is 0.100. The van der Waals surface area contributed by atoms with Crippen LogP contribution in [0, 0.1) is 5.82 Å². The normalized spacial score (nSPS) is 10.4. The largest absolute Gasteiger partial charge is 0.465 e. The molecule has 0 fully saturated rings. The fourth-order valence-corrected chi connectivity index (χ4v) is 2.23. The summed E-state index contributed by atoms with van der Waals surface area (Å²) in [4.78, 5) is 11.3. The first-order chi connectivity index (χ1) is 6.74. The van der Waals surface area contributed by atoms with E-state index in [1.165, 1.54) is 24.5 Å². The number of fused-ring (bicyclic) bond motifs is 1. The molecule has 0 saturated heterocycles. The maximum Gasteiger partial charge on any atom is 0.339 e. The molecule has 72 valence electrons. The molecule has 2 nitrogen and oxygen atoms in total. The fourth-order valence-electron chi connectivity index (χ4n) is 1.29. The van der Waals surface area contributed by atoms with Gasteiger partial charge in [-0.3, -0.25) is 0 Å². The number of carbonyl (C=O) groups is 1. The Morgan fingerprint density at radius 2 is 2.29 bits per heavy atom. The molecule has 1 aromatic carbocycles. The third-order valence-electron chi connectivity index (χ3n) is 1.96. The zero-order chi connectivity index (χ0) is 10.1. The van der Waals surface area contributed by atoms with Crippen LogP contribution >= 0.6 is 11.3 Å². The second kappa shape index (κ2) is 3.38. The van der Waals surface area contributed by atoms with E-state index in [1.54, 1.807) is 17.5 Å². The number of hydrogen-bond donors (Lipinski definition) is 0. The van der Waals surface area contributed by atoms with E-state index in [2.05, 4.69) is 4.74 Å². The lowest BCUT2D eigenvalue weighted by Gasteiger charge is -1.96. The van der Waals surface area contributed by atoms with Crippen LogP contribution < -0.4 is 0 Å². The molecule has 0 aliphatic heterocycles. The van der Waals surface area contributed by atoms with Crippen LogP contribution in [0.5, 0.6) is 0 Å². The smallest absolute Gasteiger partial charge is 0.339 e. The van der Waals surface area contributed by atoms with Crippen LogP contribution in [-0.4, -0.2) is 13.1 Å². The number of esters is 1. The van der Waals surface area contributed by atoms with Gasteiger partial charge in [-0.1, -0.05) is 12.1 Å². The molecule has 0 aliphatic carbocycles. The van der Waals surface area contributed by atoms with Crippen LogP contribution in [0.1, 0.15) is 10.4 Å². The van der Waals surface area contributed by atoms with Gasteiger partial charge in [0.15, 0.2) is 0 Å². The van der Waals surface area contributed by atoms with Crippen molar-refractivity contribution in [1.29, 1.82) is 0 Å². The van der Waals surface area contributed by atoms with Crippen molar-refractivity contribution in [2.24, 2.45) is 0 Å². The van der Waals surface area contributed by atoms with E-state index in [9.17, 15) is 9.18 Å². The first kappa shape index (κ1) is 9.15. The molecule has 0 atom stereocenters. The van der Waals surface area contributed by atoms with Crippen molar-refractivity contribution in [3.8, 4) is 0 Å². The van der Waals surface area contributed by atoms with Crippen LogP contribution in [0.25, 0.3) is 10.1 Å². The van der Waals surface area contributed by atoms with Gasteiger partial charge in [0.1, 0.15) is 5.82 Å². The third kappa shape index (κ3) is 1.28. The van der Waals surface area contributed by atoms with Crippen LogP contribution in [0.2, 0.25) is 0 Å². The first-order valence-electron chi connectivity index (χ1n) is 3.98. The summed E-state index contributed by atoms with van der Waals surface area (Å²) in [6.45, 7) is 0. The van der Waals surface area contributed by atoms with Gasteiger partial charge in [-0.25, -0.2) is 9.18 Å².